The Bertz CT molecular complexity index is 104. The van der Waals surface area contributed by atoms with Gasteiger partial charge >= 0.3 is 0 Å². The third-order valence-corrected chi connectivity index (χ3v) is 2.62. The molecule has 0 aliphatic carbocycles. The molecule has 3 nitrogen and oxygen atoms in total. The van der Waals surface area contributed by atoms with E-state index in [1.807, 2.05) is 0 Å². The zero-order valence-corrected chi connectivity index (χ0v) is 10.8. The van der Waals surface area contributed by atoms with Crippen LogP contribution in [-0.2, 0) is 0 Å². The molecule has 0 aromatic rings. The van der Waals surface area contributed by atoms with Gasteiger partial charge in [0.25, 0.3) is 0 Å². The Labute approximate surface area is 102 Å². The minimum Gasteiger partial charge on any atom is -0.330 e. The van der Waals surface area contributed by atoms with Crippen molar-refractivity contribution in [2.45, 2.75) is 44.9 Å². The number of rotatable bonds is 13. The molecule has 0 aromatic heterocycles. The highest BCUT2D eigenvalue weighted by Gasteiger charge is 1.90. The molecule has 0 heterocycles. The smallest absolute Gasteiger partial charge is 0.00368 e. The van der Waals surface area contributed by atoms with Gasteiger partial charge in [0, 0.05) is 0 Å². The molecule has 3 heteroatoms. The van der Waals surface area contributed by atoms with Crippen molar-refractivity contribution in [1.82, 2.24) is 10.6 Å². The van der Waals surface area contributed by atoms with Crippen molar-refractivity contribution in [3.8, 4) is 0 Å². The van der Waals surface area contributed by atoms with Crippen LogP contribution in [0.25, 0.3) is 0 Å². The number of hydrogen-bond acceptors (Lipinski definition) is 3. The number of unbranched alkanes of at least 4 members (excludes halogenated alkanes) is 4. The van der Waals surface area contributed by atoms with E-state index in [0.717, 1.165) is 39.0 Å². The van der Waals surface area contributed by atoms with Crippen LogP contribution in [0.2, 0.25) is 0 Å². The number of nitrogens with two attached hydrogens (primary N) is 1. The molecule has 0 fully saturated rings. The second kappa shape index (κ2) is 14.9. The monoisotopic (exact) mass is 228 g/mol. The maximum Gasteiger partial charge on any atom is -0.00368 e. The van der Waals surface area contributed by atoms with Crippen molar-refractivity contribution in [2.24, 2.45) is 5.73 Å². The molecule has 0 aromatic carbocycles. The molecule has 0 bridgehead atoms. The molecule has 0 saturated carbocycles. The summed E-state index contributed by atoms with van der Waals surface area (Å²) < 4.78 is 0. The zero-order chi connectivity index (χ0) is 11.9. The SMILES string of the molecule is [CH2]CCCCCCNCCCNCCCN. The molecule has 97 valence electrons. The summed E-state index contributed by atoms with van der Waals surface area (Å²) >= 11 is 0. The predicted octanol–water partition coefficient (Wildman–Crippen LogP) is 1.69. The summed E-state index contributed by atoms with van der Waals surface area (Å²) in [5.41, 5.74) is 5.40. The first-order valence-corrected chi connectivity index (χ1v) is 6.82. The number of nitrogens with one attached hydrogen (secondary N) is 2. The van der Waals surface area contributed by atoms with Gasteiger partial charge in [-0.2, -0.15) is 0 Å². The van der Waals surface area contributed by atoms with Crippen molar-refractivity contribution in [3.63, 3.8) is 0 Å². The normalized spacial score (nSPS) is 10.9. The summed E-state index contributed by atoms with van der Waals surface area (Å²) in [5, 5.41) is 6.85. The Morgan fingerprint density at radius 1 is 0.688 bits per heavy atom. The average Bonchev–Trinajstić information content (AvgIpc) is 2.31. The Morgan fingerprint density at radius 2 is 1.25 bits per heavy atom. The molecule has 4 N–H and O–H groups in total. The highest BCUT2D eigenvalue weighted by Crippen LogP contribution is 2.00. The first-order chi connectivity index (χ1) is 7.91. The van der Waals surface area contributed by atoms with E-state index in [1.165, 1.54) is 38.6 Å². The molecule has 16 heavy (non-hydrogen) atoms. The summed E-state index contributed by atoms with van der Waals surface area (Å²) in [6.45, 7) is 9.09. The van der Waals surface area contributed by atoms with Gasteiger partial charge in [0.2, 0.25) is 0 Å². The maximum atomic E-state index is 5.40. The van der Waals surface area contributed by atoms with Gasteiger partial charge in [0.05, 0.1) is 0 Å². The van der Waals surface area contributed by atoms with Crippen molar-refractivity contribution in [3.05, 3.63) is 6.92 Å². The van der Waals surface area contributed by atoms with Crippen molar-refractivity contribution in [1.29, 1.82) is 0 Å². The molecule has 0 aliphatic heterocycles. The molecule has 0 amide bonds. The van der Waals surface area contributed by atoms with Crippen molar-refractivity contribution in [2.75, 3.05) is 32.7 Å². The van der Waals surface area contributed by atoms with Crippen LogP contribution < -0.4 is 16.4 Å². The molecular formula is C13H30N3. The van der Waals surface area contributed by atoms with Crippen LogP contribution in [0.15, 0.2) is 0 Å². The molecular weight excluding hydrogens is 198 g/mol. The second-order valence-electron chi connectivity index (χ2n) is 4.26. The summed E-state index contributed by atoms with van der Waals surface area (Å²) in [7, 11) is 0. The Balaban J connectivity index is 2.83. The van der Waals surface area contributed by atoms with Crippen LogP contribution in [0.3, 0.4) is 0 Å². The Kier molecular flexibility index (Phi) is 14.8. The Hall–Kier alpha value is -0.120. The van der Waals surface area contributed by atoms with Crippen LogP contribution in [0.1, 0.15) is 44.9 Å². The summed E-state index contributed by atoms with van der Waals surface area (Å²) in [6, 6.07) is 0. The van der Waals surface area contributed by atoms with E-state index in [-0.39, 0.29) is 0 Å². The Morgan fingerprint density at radius 3 is 1.88 bits per heavy atom. The van der Waals surface area contributed by atoms with Crippen LogP contribution in [-0.4, -0.2) is 32.7 Å². The fourth-order valence-corrected chi connectivity index (χ4v) is 1.60. The van der Waals surface area contributed by atoms with Gasteiger partial charge in [-0.05, 0) is 52.0 Å². The van der Waals surface area contributed by atoms with Crippen LogP contribution >= 0.6 is 0 Å². The summed E-state index contributed by atoms with van der Waals surface area (Å²) in [5.74, 6) is 0. The molecule has 1 radical (unpaired) electrons. The quantitative estimate of drug-likeness (QED) is 0.420. The van der Waals surface area contributed by atoms with Crippen molar-refractivity contribution < 1.29 is 0 Å². The fourth-order valence-electron chi connectivity index (χ4n) is 1.60. The van der Waals surface area contributed by atoms with E-state index < -0.39 is 0 Å². The minimum atomic E-state index is 0.790. The zero-order valence-electron chi connectivity index (χ0n) is 10.8. The van der Waals surface area contributed by atoms with Gasteiger partial charge in [-0.1, -0.05) is 32.6 Å². The lowest BCUT2D eigenvalue weighted by Crippen LogP contribution is -2.24. The topological polar surface area (TPSA) is 50.1 Å². The predicted molar refractivity (Wildman–Crippen MR) is 72.5 cm³/mol. The highest BCUT2D eigenvalue weighted by molar-refractivity contribution is 4.53. The van der Waals surface area contributed by atoms with E-state index in [4.69, 9.17) is 5.73 Å². The van der Waals surface area contributed by atoms with E-state index in [1.54, 1.807) is 0 Å². The highest BCUT2D eigenvalue weighted by atomic mass is 14.9. The maximum absolute atomic E-state index is 5.40. The largest absolute Gasteiger partial charge is 0.330 e. The number of hydrogen-bond donors (Lipinski definition) is 3. The second-order valence-corrected chi connectivity index (χ2v) is 4.26. The summed E-state index contributed by atoms with van der Waals surface area (Å²) in [6.07, 6.45) is 8.65. The van der Waals surface area contributed by atoms with Crippen LogP contribution in [0.4, 0.5) is 0 Å². The van der Waals surface area contributed by atoms with Gasteiger partial charge in [0.15, 0.2) is 0 Å². The fraction of sp³-hybridized carbons (Fsp3) is 0.923. The first-order valence-electron chi connectivity index (χ1n) is 6.82. The van der Waals surface area contributed by atoms with Crippen LogP contribution in [0.5, 0.6) is 0 Å². The minimum absolute atomic E-state index is 0.790. The van der Waals surface area contributed by atoms with E-state index in [9.17, 15) is 0 Å². The van der Waals surface area contributed by atoms with E-state index in [0.29, 0.717) is 0 Å². The average molecular weight is 228 g/mol. The third kappa shape index (κ3) is 13.9. The summed E-state index contributed by atoms with van der Waals surface area (Å²) in [4.78, 5) is 0. The first kappa shape index (κ1) is 15.9. The molecule has 0 unspecified atom stereocenters. The lowest BCUT2D eigenvalue weighted by molar-refractivity contribution is 0.558. The van der Waals surface area contributed by atoms with E-state index >= 15 is 0 Å². The van der Waals surface area contributed by atoms with Crippen LogP contribution in [0, 0.1) is 6.92 Å². The van der Waals surface area contributed by atoms with Crippen molar-refractivity contribution >= 4 is 0 Å². The molecule has 0 atom stereocenters. The van der Waals surface area contributed by atoms with Gasteiger partial charge in [0.1, 0.15) is 0 Å². The van der Waals surface area contributed by atoms with E-state index in [2.05, 4.69) is 17.6 Å². The molecule has 0 spiro atoms. The standard InChI is InChI=1S/C13H30N3/c1-2-3-4-5-6-10-15-12-8-13-16-11-7-9-14/h15-16H,1-14H2. The van der Waals surface area contributed by atoms with Gasteiger partial charge in [-0.3, -0.25) is 0 Å². The third-order valence-electron chi connectivity index (χ3n) is 2.62. The molecule has 0 saturated heterocycles. The lowest BCUT2D eigenvalue weighted by Gasteiger charge is -2.05. The lowest BCUT2D eigenvalue weighted by atomic mass is 10.1. The van der Waals surface area contributed by atoms with Gasteiger partial charge in [-0.25, -0.2) is 0 Å². The molecule has 0 aliphatic rings. The van der Waals surface area contributed by atoms with Gasteiger partial charge < -0.3 is 16.4 Å². The molecule has 0 rings (SSSR count). The van der Waals surface area contributed by atoms with Gasteiger partial charge in [-0.15, -0.1) is 0 Å².